The van der Waals surface area contributed by atoms with E-state index in [0.717, 1.165) is 9.80 Å². The molecule has 210 valence electrons. The van der Waals surface area contributed by atoms with Gasteiger partial charge in [0.15, 0.2) is 9.75 Å². The fraction of sp³-hybridized carbons (Fsp3) is 0.464. The summed E-state index contributed by atoms with van der Waals surface area (Å²) >= 11 is 14.3. The molecule has 5 aliphatic rings. The number of carbonyl (C=O) groups excluding carboxylic acids is 4. The van der Waals surface area contributed by atoms with Gasteiger partial charge in [0, 0.05) is 37.9 Å². The lowest BCUT2D eigenvalue weighted by molar-refractivity contribution is -0.142. The normalized spacial score (nSPS) is 34.5. The fourth-order valence-corrected chi connectivity index (χ4v) is 8.26. The van der Waals surface area contributed by atoms with Crippen molar-refractivity contribution in [3.8, 4) is 11.5 Å². The predicted octanol–water partition coefficient (Wildman–Crippen LogP) is 2.60. The SMILES string of the molecule is CN1C(=O)[C@]2(Cl)C[C@@H]3C(=CC[C@@H]4C(=O)N(CCCC(=O)O)C(=O)[C@@H]43)[C@H](C3=COc4ccc(O)cc4C3)[C@]2(Cl)C1=O. The summed E-state index contributed by atoms with van der Waals surface area (Å²) in [6, 6.07) is 4.66. The maximum absolute atomic E-state index is 13.7. The van der Waals surface area contributed by atoms with E-state index in [1.54, 1.807) is 12.1 Å². The van der Waals surface area contributed by atoms with Crippen molar-refractivity contribution in [2.24, 2.45) is 23.7 Å². The molecule has 40 heavy (non-hydrogen) atoms. The largest absolute Gasteiger partial charge is 0.508 e. The Morgan fingerprint density at radius 3 is 2.60 bits per heavy atom. The van der Waals surface area contributed by atoms with Crippen LogP contribution in [0, 0.1) is 23.7 Å². The van der Waals surface area contributed by atoms with E-state index >= 15 is 0 Å². The minimum atomic E-state index is -1.91. The molecule has 1 saturated carbocycles. The van der Waals surface area contributed by atoms with Gasteiger partial charge in [-0.1, -0.05) is 11.6 Å². The number of hydrogen-bond donors (Lipinski definition) is 2. The molecule has 6 atom stereocenters. The van der Waals surface area contributed by atoms with Crippen molar-refractivity contribution in [3.05, 3.63) is 47.2 Å². The zero-order valence-corrected chi connectivity index (χ0v) is 22.9. The first-order valence-corrected chi connectivity index (χ1v) is 13.8. The zero-order chi connectivity index (χ0) is 28.7. The van der Waals surface area contributed by atoms with E-state index in [4.69, 9.17) is 33.0 Å². The molecule has 0 spiro atoms. The molecule has 2 saturated heterocycles. The molecule has 1 aromatic carbocycles. The number of ether oxygens (including phenoxy) is 1. The van der Waals surface area contributed by atoms with Gasteiger partial charge in [-0.25, -0.2) is 0 Å². The van der Waals surface area contributed by atoms with Crippen molar-refractivity contribution >= 4 is 52.8 Å². The third-order valence-corrected chi connectivity index (χ3v) is 10.4. The first-order chi connectivity index (χ1) is 18.9. The average molecular weight is 589 g/mol. The molecule has 0 bridgehead atoms. The number of halogens is 2. The highest BCUT2D eigenvalue weighted by Crippen LogP contribution is 2.64. The molecule has 3 heterocycles. The minimum absolute atomic E-state index is 0.0205. The molecule has 12 heteroatoms. The Labute approximate surface area is 239 Å². The number of amides is 4. The fourth-order valence-electron chi connectivity index (χ4n) is 7.23. The molecule has 6 rings (SSSR count). The summed E-state index contributed by atoms with van der Waals surface area (Å²) in [7, 11) is 1.32. The highest BCUT2D eigenvalue weighted by molar-refractivity contribution is 6.53. The summed E-state index contributed by atoms with van der Waals surface area (Å²) in [5, 5.41) is 19.1. The molecular formula is C28H26Cl2N2O8. The smallest absolute Gasteiger partial charge is 0.303 e. The van der Waals surface area contributed by atoms with E-state index in [-0.39, 0.29) is 50.3 Å². The number of likely N-dealkylation sites (tertiary alicyclic amines) is 2. The standard InChI is InChI=1S/C28H26Cl2N2O8/c1-31-25(38)27(29)11-18-16(5-6-17-21(18)24(37)32(23(17)36)8-2-3-20(34)35)22(28(27,30)26(31)39)14-9-13-10-15(33)4-7-19(13)40-12-14/h4-5,7,10,12,17-18,21-22,33H,2-3,6,8-9,11H2,1H3,(H,34,35)/t17-,18+,21-,22-,27+,28-/m0/s1. The predicted molar refractivity (Wildman–Crippen MR) is 140 cm³/mol. The number of carbonyl (C=O) groups is 5. The number of fused-ring (bicyclic) bond motifs is 5. The Balaban J connectivity index is 1.43. The Kier molecular flexibility index (Phi) is 6.09. The molecule has 0 aromatic heterocycles. The number of imide groups is 2. The summed E-state index contributed by atoms with van der Waals surface area (Å²) in [6.45, 7) is -0.0205. The third kappa shape index (κ3) is 3.51. The van der Waals surface area contributed by atoms with Gasteiger partial charge in [0.2, 0.25) is 11.8 Å². The van der Waals surface area contributed by atoms with Crippen molar-refractivity contribution < 1.29 is 38.9 Å². The van der Waals surface area contributed by atoms with Crippen molar-refractivity contribution in [1.82, 2.24) is 9.80 Å². The van der Waals surface area contributed by atoms with E-state index in [9.17, 15) is 29.1 Å². The lowest BCUT2D eigenvalue weighted by Crippen LogP contribution is -2.61. The monoisotopic (exact) mass is 588 g/mol. The quantitative estimate of drug-likeness (QED) is 0.304. The molecule has 0 unspecified atom stereocenters. The van der Waals surface area contributed by atoms with Gasteiger partial charge in [-0.15, -0.1) is 23.2 Å². The number of carboxylic acid groups (broad SMARTS) is 1. The Bertz CT molecular complexity index is 1460. The van der Waals surface area contributed by atoms with Crippen LogP contribution in [0.4, 0.5) is 0 Å². The second kappa shape index (κ2) is 9.07. The van der Waals surface area contributed by atoms with Crippen LogP contribution in [-0.2, 0) is 30.4 Å². The number of nitrogens with zero attached hydrogens (tertiary/aromatic N) is 2. The Morgan fingerprint density at radius 1 is 1.12 bits per heavy atom. The van der Waals surface area contributed by atoms with E-state index < -0.39 is 57.1 Å². The highest BCUT2D eigenvalue weighted by Gasteiger charge is 2.76. The van der Waals surface area contributed by atoms with Crippen LogP contribution in [0.2, 0.25) is 0 Å². The van der Waals surface area contributed by atoms with Gasteiger partial charge in [0.25, 0.3) is 11.8 Å². The number of allylic oxidation sites excluding steroid dienone is 3. The van der Waals surface area contributed by atoms with E-state index in [1.807, 2.05) is 6.08 Å². The lowest BCUT2D eigenvalue weighted by Gasteiger charge is -2.51. The van der Waals surface area contributed by atoms with Gasteiger partial charge in [-0.2, -0.15) is 0 Å². The highest BCUT2D eigenvalue weighted by atomic mass is 35.5. The molecule has 4 amide bonds. The van der Waals surface area contributed by atoms with Crippen LogP contribution in [0.15, 0.2) is 41.7 Å². The average Bonchev–Trinajstić information content (AvgIpc) is 3.23. The maximum atomic E-state index is 13.7. The molecule has 2 N–H and O–H groups in total. The number of aromatic hydroxyl groups is 1. The summed E-state index contributed by atoms with van der Waals surface area (Å²) < 4.78 is 5.86. The van der Waals surface area contributed by atoms with Gasteiger partial charge in [-0.3, -0.25) is 33.8 Å². The topological polar surface area (TPSA) is 142 Å². The number of phenolic OH excluding ortho intramolecular Hbond substituents is 1. The molecule has 0 radical (unpaired) electrons. The molecule has 3 aliphatic heterocycles. The van der Waals surface area contributed by atoms with Gasteiger partial charge in [0.1, 0.15) is 11.5 Å². The Morgan fingerprint density at radius 2 is 1.88 bits per heavy atom. The van der Waals surface area contributed by atoms with Crippen LogP contribution in [0.25, 0.3) is 0 Å². The molecule has 10 nitrogen and oxygen atoms in total. The van der Waals surface area contributed by atoms with Gasteiger partial charge < -0.3 is 14.9 Å². The molecule has 1 aromatic rings. The summed E-state index contributed by atoms with van der Waals surface area (Å²) in [4.78, 5) is 63.3. The van der Waals surface area contributed by atoms with Gasteiger partial charge in [0.05, 0.1) is 18.1 Å². The number of rotatable bonds is 5. The molecule has 3 fully saturated rings. The van der Waals surface area contributed by atoms with Crippen molar-refractivity contribution in [1.29, 1.82) is 0 Å². The first-order valence-electron chi connectivity index (χ1n) is 13.0. The molecule has 2 aliphatic carbocycles. The Hall–Kier alpha value is -3.37. The molecular weight excluding hydrogens is 563 g/mol. The maximum Gasteiger partial charge on any atom is 0.303 e. The number of benzene rings is 1. The summed E-state index contributed by atoms with van der Waals surface area (Å²) in [5.41, 5.74) is 1.85. The number of alkyl halides is 2. The second-order valence-corrected chi connectivity index (χ2v) is 12.3. The van der Waals surface area contributed by atoms with Crippen LogP contribution < -0.4 is 4.74 Å². The second-order valence-electron chi connectivity index (χ2n) is 11.1. The van der Waals surface area contributed by atoms with Crippen LogP contribution in [0.3, 0.4) is 0 Å². The van der Waals surface area contributed by atoms with Crippen LogP contribution in [-0.4, -0.2) is 73.0 Å². The number of hydrogen-bond acceptors (Lipinski definition) is 7. The van der Waals surface area contributed by atoms with E-state index in [0.29, 0.717) is 22.5 Å². The summed E-state index contributed by atoms with van der Waals surface area (Å²) in [5.74, 6) is -5.73. The summed E-state index contributed by atoms with van der Waals surface area (Å²) in [6.07, 6.45) is 3.60. The van der Waals surface area contributed by atoms with Crippen molar-refractivity contribution in [2.75, 3.05) is 13.6 Å². The van der Waals surface area contributed by atoms with Crippen LogP contribution >= 0.6 is 23.2 Å². The number of carboxylic acids is 1. The van der Waals surface area contributed by atoms with E-state index in [1.165, 1.54) is 19.4 Å². The van der Waals surface area contributed by atoms with Crippen LogP contribution in [0.1, 0.15) is 31.2 Å². The van der Waals surface area contributed by atoms with Gasteiger partial charge in [-0.05, 0) is 49.0 Å². The number of aliphatic carboxylic acids is 1. The zero-order valence-electron chi connectivity index (χ0n) is 21.4. The third-order valence-electron chi connectivity index (χ3n) is 9.02. The lowest BCUT2D eigenvalue weighted by atomic mass is 9.56. The van der Waals surface area contributed by atoms with E-state index in [2.05, 4.69) is 0 Å². The first kappa shape index (κ1) is 26.8. The number of phenols is 1. The van der Waals surface area contributed by atoms with Crippen molar-refractivity contribution in [3.63, 3.8) is 0 Å². The van der Waals surface area contributed by atoms with Crippen molar-refractivity contribution in [2.45, 2.75) is 41.9 Å². The van der Waals surface area contributed by atoms with Gasteiger partial charge >= 0.3 is 5.97 Å². The van der Waals surface area contributed by atoms with Crippen LogP contribution in [0.5, 0.6) is 11.5 Å². The minimum Gasteiger partial charge on any atom is -0.508 e.